The Bertz CT molecular complexity index is 1200. The number of fused-ring (bicyclic) bond motifs is 5. The van der Waals surface area contributed by atoms with Gasteiger partial charge in [0.05, 0.1) is 5.57 Å². The molecule has 0 aromatic heterocycles. The summed E-state index contributed by atoms with van der Waals surface area (Å²) in [6, 6.07) is 16.3. The number of carbonyl (C=O) groups is 2. The second kappa shape index (κ2) is 5.33. The van der Waals surface area contributed by atoms with Gasteiger partial charge in [0.25, 0.3) is 0 Å². The maximum Gasteiger partial charge on any atom is 0.247 e. The van der Waals surface area contributed by atoms with E-state index in [1.54, 1.807) is 41.3 Å². The van der Waals surface area contributed by atoms with E-state index in [-0.39, 0.29) is 34.5 Å². The Morgan fingerprint density at radius 1 is 1.11 bits per heavy atom. The van der Waals surface area contributed by atoms with E-state index in [4.69, 9.17) is 10.5 Å². The number of carbonyl (C=O) groups excluding carboxylic acids is 2. The third-order valence-electron chi connectivity index (χ3n) is 5.67. The van der Waals surface area contributed by atoms with Gasteiger partial charge in [-0.15, -0.1) is 0 Å². The van der Waals surface area contributed by atoms with Crippen LogP contribution in [0.25, 0.3) is 5.76 Å². The minimum absolute atomic E-state index is 0.0409. The maximum absolute atomic E-state index is 13.8. The fourth-order valence-electron chi connectivity index (χ4n) is 4.56. The number of nitrogens with two attached hydrogens (primary N) is 1. The van der Waals surface area contributed by atoms with Gasteiger partial charge in [0.1, 0.15) is 22.8 Å². The summed E-state index contributed by atoms with van der Waals surface area (Å²) in [5.74, 6) is -0.551. The highest BCUT2D eigenvalue weighted by Gasteiger charge is 2.63. The van der Waals surface area contributed by atoms with Gasteiger partial charge in [-0.2, -0.15) is 5.26 Å². The number of ketones is 1. The zero-order valence-corrected chi connectivity index (χ0v) is 15.0. The molecule has 5 rings (SSSR count). The molecule has 6 nitrogen and oxygen atoms in total. The molecule has 1 atom stereocenters. The molecular formula is C22H15N3O3. The van der Waals surface area contributed by atoms with Gasteiger partial charge in [-0.25, -0.2) is 0 Å². The number of para-hydroxylation sites is 1. The van der Waals surface area contributed by atoms with Crippen molar-refractivity contribution in [2.24, 2.45) is 5.73 Å². The summed E-state index contributed by atoms with van der Waals surface area (Å²) < 4.78 is 5.75. The number of nitriles is 1. The monoisotopic (exact) mass is 369 g/mol. The van der Waals surface area contributed by atoms with Crippen molar-refractivity contribution in [3.05, 3.63) is 82.3 Å². The molecule has 136 valence electrons. The van der Waals surface area contributed by atoms with Crippen molar-refractivity contribution < 1.29 is 14.3 Å². The summed E-state index contributed by atoms with van der Waals surface area (Å²) in [5, 5.41) is 9.94. The summed E-state index contributed by atoms with van der Waals surface area (Å²) >= 11 is 0. The van der Waals surface area contributed by atoms with Crippen LogP contribution < -0.4 is 10.6 Å². The Kier molecular flexibility index (Phi) is 3.11. The first kappa shape index (κ1) is 16.3. The highest BCUT2D eigenvalue weighted by molar-refractivity contribution is 6.29. The van der Waals surface area contributed by atoms with Gasteiger partial charge in [0, 0.05) is 28.9 Å². The zero-order chi connectivity index (χ0) is 19.6. The molecule has 2 aromatic rings. The molecule has 2 heterocycles. The van der Waals surface area contributed by atoms with E-state index in [2.05, 4.69) is 6.07 Å². The highest BCUT2D eigenvalue weighted by Crippen LogP contribution is 2.57. The number of likely N-dealkylation sites (N-methyl/N-ethyl adjacent to an activating group) is 1. The number of anilines is 1. The Labute approximate surface area is 161 Å². The van der Waals surface area contributed by atoms with E-state index < -0.39 is 5.41 Å². The van der Waals surface area contributed by atoms with Crippen LogP contribution in [0, 0.1) is 11.3 Å². The molecule has 0 saturated carbocycles. The van der Waals surface area contributed by atoms with Gasteiger partial charge in [0.15, 0.2) is 5.78 Å². The van der Waals surface area contributed by atoms with Crippen LogP contribution in [0.2, 0.25) is 0 Å². The van der Waals surface area contributed by atoms with Crippen molar-refractivity contribution in [1.82, 2.24) is 0 Å². The van der Waals surface area contributed by atoms with Crippen molar-refractivity contribution in [2.75, 3.05) is 11.4 Å². The Morgan fingerprint density at radius 3 is 2.50 bits per heavy atom. The molecule has 6 heteroatoms. The summed E-state index contributed by atoms with van der Waals surface area (Å²) in [7, 11) is 0. The van der Waals surface area contributed by atoms with Crippen molar-refractivity contribution in [1.29, 1.82) is 5.26 Å². The lowest BCUT2D eigenvalue weighted by molar-refractivity contribution is -0.120. The van der Waals surface area contributed by atoms with Crippen molar-refractivity contribution >= 4 is 23.1 Å². The number of hydrogen-bond donors (Lipinski definition) is 1. The lowest BCUT2D eigenvalue weighted by Crippen LogP contribution is -2.47. The molecule has 2 N–H and O–H groups in total. The molecule has 1 unspecified atom stereocenters. The molecule has 2 aromatic carbocycles. The average molecular weight is 369 g/mol. The van der Waals surface area contributed by atoms with E-state index >= 15 is 0 Å². The van der Waals surface area contributed by atoms with Crippen LogP contribution in [-0.4, -0.2) is 18.2 Å². The van der Waals surface area contributed by atoms with Crippen LogP contribution in [0.5, 0.6) is 0 Å². The van der Waals surface area contributed by atoms with E-state index in [9.17, 15) is 14.9 Å². The Hall–Kier alpha value is -3.85. The summed E-state index contributed by atoms with van der Waals surface area (Å²) in [6.07, 6.45) is 0. The largest absolute Gasteiger partial charge is 0.439 e. The van der Waals surface area contributed by atoms with Gasteiger partial charge >= 0.3 is 0 Å². The SMILES string of the molecule is CCN1C(=O)C2(C(C#N)=C(N)OC3=C2C(=O)c2ccccc23)c2ccccc21. The highest BCUT2D eigenvalue weighted by atomic mass is 16.5. The van der Waals surface area contributed by atoms with Crippen molar-refractivity contribution in [3.8, 4) is 6.07 Å². The standard InChI is InChI=1S/C22H15N3O3/c1-2-25-16-10-6-5-9-14(16)22(21(25)27)15(11-23)20(24)28-19-13-8-4-3-7-12(13)18(26)17(19)22/h3-10H,2,24H2,1H3. The van der Waals surface area contributed by atoms with Gasteiger partial charge in [-0.3, -0.25) is 9.59 Å². The molecule has 0 bridgehead atoms. The predicted molar refractivity (Wildman–Crippen MR) is 102 cm³/mol. The van der Waals surface area contributed by atoms with E-state index in [0.717, 1.165) is 0 Å². The molecule has 0 radical (unpaired) electrons. The number of ether oxygens (including phenoxy) is 1. The lowest BCUT2D eigenvalue weighted by Gasteiger charge is -2.33. The minimum atomic E-state index is -1.59. The van der Waals surface area contributed by atoms with Crippen LogP contribution in [0.4, 0.5) is 5.69 Å². The molecule has 2 aliphatic heterocycles. The van der Waals surface area contributed by atoms with Gasteiger partial charge in [-0.1, -0.05) is 42.5 Å². The fourth-order valence-corrected chi connectivity index (χ4v) is 4.56. The van der Waals surface area contributed by atoms with Gasteiger partial charge in [-0.05, 0) is 13.0 Å². The number of hydrogen-bond acceptors (Lipinski definition) is 5. The zero-order valence-electron chi connectivity index (χ0n) is 15.0. The normalized spacial score (nSPS) is 22.2. The van der Waals surface area contributed by atoms with Crippen LogP contribution in [0.1, 0.15) is 28.4 Å². The quantitative estimate of drug-likeness (QED) is 0.833. The fraction of sp³-hybridized carbons (Fsp3) is 0.136. The van der Waals surface area contributed by atoms with Crippen molar-refractivity contribution in [3.63, 3.8) is 0 Å². The summed E-state index contributed by atoms with van der Waals surface area (Å²) in [6.45, 7) is 2.26. The minimum Gasteiger partial charge on any atom is -0.439 e. The lowest BCUT2D eigenvalue weighted by atomic mass is 9.67. The average Bonchev–Trinajstić information content (AvgIpc) is 3.13. The third kappa shape index (κ3) is 1.62. The molecule has 3 aliphatic rings. The molecule has 0 fully saturated rings. The second-order valence-electron chi connectivity index (χ2n) is 6.85. The maximum atomic E-state index is 13.8. The van der Waals surface area contributed by atoms with E-state index in [0.29, 0.717) is 28.9 Å². The number of rotatable bonds is 1. The molecule has 28 heavy (non-hydrogen) atoms. The second-order valence-corrected chi connectivity index (χ2v) is 6.85. The van der Waals surface area contributed by atoms with Crippen LogP contribution in [0.15, 0.2) is 65.6 Å². The molecule has 1 spiro atoms. The van der Waals surface area contributed by atoms with E-state index in [1.807, 2.05) is 19.1 Å². The van der Waals surface area contributed by atoms with Crippen LogP contribution in [-0.2, 0) is 14.9 Å². The molecule has 0 saturated heterocycles. The Morgan fingerprint density at radius 2 is 1.79 bits per heavy atom. The van der Waals surface area contributed by atoms with Crippen molar-refractivity contribution in [2.45, 2.75) is 12.3 Å². The van der Waals surface area contributed by atoms with Crippen LogP contribution in [0.3, 0.4) is 0 Å². The number of Topliss-reactive ketones (excluding diaryl/α,β-unsaturated/α-hetero) is 1. The summed E-state index contributed by atoms with van der Waals surface area (Å²) in [5.41, 5.74) is 6.96. The summed E-state index contributed by atoms with van der Waals surface area (Å²) in [4.78, 5) is 28.8. The predicted octanol–water partition coefficient (Wildman–Crippen LogP) is 2.62. The van der Waals surface area contributed by atoms with Crippen LogP contribution >= 0.6 is 0 Å². The first-order chi connectivity index (χ1) is 13.6. The first-order valence-corrected chi connectivity index (χ1v) is 8.95. The number of benzene rings is 2. The third-order valence-corrected chi connectivity index (χ3v) is 5.67. The van der Waals surface area contributed by atoms with Gasteiger partial charge < -0.3 is 15.4 Å². The number of nitrogens with zero attached hydrogens (tertiary/aromatic N) is 2. The van der Waals surface area contributed by atoms with Gasteiger partial charge in [0.2, 0.25) is 11.8 Å². The first-order valence-electron chi connectivity index (χ1n) is 8.95. The van der Waals surface area contributed by atoms with E-state index in [1.165, 1.54) is 0 Å². The molecular weight excluding hydrogens is 354 g/mol. The topological polar surface area (TPSA) is 96.4 Å². The Balaban J connectivity index is 1.93. The molecule has 1 amide bonds. The smallest absolute Gasteiger partial charge is 0.247 e. The molecule has 1 aliphatic carbocycles. The number of amides is 1.